The topological polar surface area (TPSA) is 47.6 Å². The van der Waals surface area contributed by atoms with Gasteiger partial charge >= 0.3 is 0 Å². The molecule has 2 rings (SSSR count). The Morgan fingerprint density at radius 1 is 1.09 bits per heavy atom. The van der Waals surface area contributed by atoms with Crippen molar-refractivity contribution in [3.05, 3.63) is 58.6 Å². The third kappa shape index (κ3) is 4.63. The van der Waals surface area contributed by atoms with Crippen LogP contribution in [0.15, 0.2) is 42.5 Å². The molecular formula is C18H20ClNO3. The predicted octanol–water partition coefficient (Wildman–Crippen LogP) is 3.78. The van der Waals surface area contributed by atoms with Crippen LogP contribution < -0.4 is 14.8 Å². The lowest BCUT2D eigenvalue weighted by Crippen LogP contribution is -2.28. The summed E-state index contributed by atoms with van der Waals surface area (Å²) in [6.07, 6.45) is 0.314. The standard InChI is InChI=1S/C18H20ClNO3/c1-12(14-6-9-16(22-2)17(11-14)23-3)20-18(21)10-13-4-7-15(19)8-5-13/h4-9,11-12H,10H2,1-3H3,(H,20,21)/t12-/m0/s1. The zero-order valence-corrected chi connectivity index (χ0v) is 14.2. The van der Waals surface area contributed by atoms with Gasteiger partial charge in [0.1, 0.15) is 0 Å². The van der Waals surface area contributed by atoms with E-state index in [1.165, 1.54) is 0 Å². The number of nitrogens with one attached hydrogen (secondary N) is 1. The zero-order chi connectivity index (χ0) is 16.8. The van der Waals surface area contributed by atoms with Crippen molar-refractivity contribution in [2.45, 2.75) is 19.4 Å². The van der Waals surface area contributed by atoms with Gasteiger partial charge in [0.15, 0.2) is 11.5 Å². The molecule has 2 aromatic carbocycles. The minimum atomic E-state index is -0.130. The number of ether oxygens (including phenoxy) is 2. The summed E-state index contributed by atoms with van der Waals surface area (Å²) in [5.41, 5.74) is 1.87. The molecule has 0 saturated heterocycles. The molecule has 0 aliphatic rings. The highest BCUT2D eigenvalue weighted by atomic mass is 35.5. The van der Waals surface area contributed by atoms with E-state index in [-0.39, 0.29) is 11.9 Å². The average molecular weight is 334 g/mol. The average Bonchev–Trinajstić information content (AvgIpc) is 2.56. The molecule has 0 bridgehead atoms. The number of methoxy groups -OCH3 is 2. The molecule has 23 heavy (non-hydrogen) atoms. The van der Waals surface area contributed by atoms with E-state index >= 15 is 0 Å². The van der Waals surface area contributed by atoms with Gasteiger partial charge in [-0.25, -0.2) is 0 Å². The Morgan fingerprint density at radius 3 is 2.35 bits per heavy atom. The van der Waals surface area contributed by atoms with Gasteiger partial charge in [-0.1, -0.05) is 29.8 Å². The smallest absolute Gasteiger partial charge is 0.224 e. The predicted molar refractivity (Wildman–Crippen MR) is 91.3 cm³/mol. The van der Waals surface area contributed by atoms with Gasteiger partial charge in [0.05, 0.1) is 26.7 Å². The van der Waals surface area contributed by atoms with E-state index in [2.05, 4.69) is 5.32 Å². The molecule has 4 nitrogen and oxygen atoms in total. The first-order valence-electron chi connectivity index (χ1n) is 7.29. The maximum atomic E-state index is 12.2. The van der Waals surface area contributed by atoms with Crippen LogP contribution in [0, 0.1) is 0 Å². The number of benzene rings is 2. The quantitative estimate of drug-likeness (QED) is 0.875. The van der Waals surface area contributed by atoms with Gasteiger partial charge < -0.3 is 14.8 Å². The van der Waals surface area contributed by atoms with E-state index in [1.54, 1.807) is 26.4 Å². The summed E-state index contributed by atoms with van der Waals surface area (Å²) in [6.45, 7) is 1.93. The lowest BCUT2D eigenvalue weighted by atomic mass is 10.1. The van der Waals surface area contributed by atoms with Gasteiger partial charge in [-0.15, -0.1) is 0 Å². The largest absolute Gasteiger partial charge is 0.493 e. The van der Waals surface area contributed by atoms with Gasteiger partial charge in [-0.05, 0) is 42.3 Å². The summed E-state index contributed by atoms with van der Waals surface area (Å²) in [6, 6.07) is 12.7. The zero-order valence-electron chi connectivity index (χ0n) is 13.4. The van der Waals surface area contributed by atoms with Crippen LogP contribution in [0.5, 0.6) is 11.5 Å². The molecule has 0 spiro atoms. The number of hydrogen-bond donors (Lipinski definition) is 1. The Kier molecular flexibility index (Phi) is 5.88. The van der Waals surface area contributed by atoms with Crippen LogP contribution in [0.1, 0.15) is 24.1 Å². The summed E-state index contributed by atoms with van der Waals surface area (Å²) in [5.74, 6) is 1.26. The Labute approximate surface area is 141 Å². The van der Waals surface area contributed by atoms with Crippen molar-refractivity contribution < 1.29 is 14.3 Å². The fourth-order valence-corrected chi connectivity index (χ4v) is 2.41. The fraction of sp³-hybridized carbons (Fsp3) is 0.278. The molecule has 0 radical (unpaired) electrons. The maximum Gasteiger partial charge on any atom is 0.224 e. The number of rotatable bonds is 6. The van der Waals surface area contributed by atoms with Crippen molar-refractivity contribution in [3.8, 4) is 11.5 Å². The SMILES string of the molecule is COc1ccc([C@H](C)NC(=O)Cc2ccc(Cl)cc2)cc1OC. The number of halogens is 1. The number of amides is 1. The van der Waals surface area contributed by atoms with Crippen LogP contribution in [-0.2, 0) is 11.2 Å². The van der Waals surface area contributed by atoms with Gasteiger partial charge in [0, 0.05) is 5.02 Å². The normalized spacial score (nSPS) is 11.7. The molecule has 0 aliphatic carbocycles. The molecular weight excluding hydrogens is 314 g/mol. The molecule has 0 aliphatic heterocycles. The van der Waals surface area contributed by atoms with Crippen molar-refractivity contribution in [2.24, 2.45) is 0 Å². The Bertz CT molecular complexity index is 670. The summed E-state index contributed by atoms with van der Waals surface area (Å²) < 4.78 is 10.5. The molecule has 5 heteroatoms. The summed E-state index contributed by atoms with van der Waals surface area (Å²) in [5, 5.41) is 3.64. The highest BCUT2D eigenvalue weighted by molar-refractivity contribution is 6.30. The minimum Gasteiger partial charge on any atom is -0.493 e. The molecule has 1 N–H and O–H groups in total. The molecule has 0 unspecified atom stereocenters. The molecule has 0 aromatic heterocycles. The van der Waals surface area contributed by atoms with E-state index < -0.39 is 0 Å². The second-order valence-electron chi connectivity index (χ2n) is 5.21. The minimum absolute atomic E-state index is 0.0467. The lowest BCUT2D eigenvalue weighted by molar-refractivity contribution is -0.121. The molecule has 2 aromatic rings. The maximum absolute atomic E-state index is 12.2. The Balaban J connectivity index is 2.01. The number of carbonyl (C=O) groups excluding carboxylic acids is 1. The monoisotopic (exact) mass is 333 g/mol. The Morgan fingerprint density at radius 2 is 1.74 bits per heavy atom. The van der Waals surface area contributed by atoms with E-state index in [0.29, 0.717) is 22.9 Å². The number of hydrogen-bond acceptors (Lipinski definition) is 3. The van der Waals surface area contributed by atoms with Crippen LogP contribution in [0.4, 0.5) is 0 Å². The first-order valence-corrected chi connectivity index (χ1v) is 7.67. The van der Waals surface area contributed by atoms with E-state index in [1.807, 2.05) is 37.3 Å². The van der Waals surface area contributed by atoms with Crippen molar-refractivity contribution in [1.29, 1.82) is 0 Å². The summed E-state index contributed by atoms with van der Waals surface area (Å²) in [4.78, 5) is 12.2. The molecule has 122 valence electrons. The Hall–Kier alpha value is -2.20. The molecule has 1 atom stereocenters. The van der Waals surface area contributed by atoms with E-state index in [4.69, 9.17) is 21.1 Å². The van der Waals surface area contributed by atoms with Crippen molar-refractivity contribution in [2.75, 3.05) is 14.2 Å². The van der Waals surface area contributed by atoms with Gasteiger partial charge in [-0.3, -0.25) is 4.79 Å². The first-order chi connectivity index (χ1) is 11.0. The fourth-order valence-electron chi connectivity index (χ4n) is 2.29. The van der Waals surface area contributed by atoms with Crippen LogP contribution >= 0.6 is 11.6 Å². The first kappa shape index (κ1) is 17.2. The molecule has 0 heterocycles. The second kappa shape index (κ2) is 7.88. The van der Waals surface area contributed by atoms with E-state index in [0.717, 1.165) is 11.1 Å². The molecule has 1 amide bonds. The van der Waals surface area contributed by atoms with Crippen molar-refractivity contribution in [3.63, 3.8) is 0 Å². The third-order valence-corrected chi connectivity index (χ3v) is 3.82. The van der Waals surface area contributed by atoms with Crippen LogP contribution in [0.3, 0.4) is 0 Å². The highest BCUT2D eigenvalue weighted by Crippen LogP contribution is 2.29. The molecule has 0 fully saturated rings. The summed E-state index contributed by atoms with van der Waals surface area (Å²) >= 11 is 5.84. The van der Waals surface area contributed by atoms with Crippen LogP contribution in [-0.4, -0.2) is 20.1 Å². The van der Waals surface area contributed by atoms with Gasteiger partial charge in [0.25, 0.3) is 0 Å². The summed E-state index contributed by atoms with van der Waals surface area (Å²) in [7, 11) is 3.18. The van der Waals surface area contributed by atoms with Crippen molar-refractivity contribution >= 4 is 17.5 Å². The molecule has 0 saturated carbocycles. The highest BCUT2D eigenvalue weighted by Gasteiger charge is 2.13. The van der Waals surface area contributed by atoms with Crippen LogP contribution in [0.2, 0.25) is 5.02 Å². The lowest BCUT2D eigenvalue weighted by Gasteiger charge is -2.16. The van der Waals surface area contributed by atoms with Crippen molar-refractivity contribution in [1.82, 2.24) is 5.32 Å². The third-order valence-electron chi connectivity index (χ3n) is 3.56. The van der Waals surface area contributed by atoms with Crippen LogP contribution in [0.25, 0.3) is 0 Å². The van der Waals surface area contributed by atoms with Gasteiger partial charge in [0.2, 0.25) is 5.91 Å². The number of carbonyl (C=O) groups is 1. The van der Waals surface area contributed by atoms with Gasteiger partial charge in [-0.2, -0.15) is 0 Å². The second-order valence-corrected chi connectivity index (χ2v) is 5.64. The van der Waals surface area contributed by atoms with E-state index in [9.17, 15) is 4.79 Å².